The quantitative estimate of drug-likeness (QED) is 0.715. The summed E-state index contributed by atoms with van der Waals surface area (Å²) in [6.45, 7) is 0. The lowest BCUT2D eigenvalue weighted by Crippen LogP contribution is -2.00. The first-order valence-electron chi connectivity index (χ1n) is 5.50. The highest BCUT2D eigenvalue weighted by Crippen LogP contribution is 2.26. The van der Waals surface area contributed by atoms with Gasteiger partial charge in [-0.25, -0.2) is 9.97 Å². The highest BCUT2D eigenvalue weighted by molar-refractivity contribution is 5.95. The number of nitrogens with two attached hydrogens (primary N) is 1. The monoisotopic (exact) mass is 237 g/mol. The summed E-state index contributed by atoms with van der Waals surface area (Å²) >= 11 is 0. The van der Waals surface area contributed by atoms with Gasteiger partial charge in [-0.05, 0) is 17.5 Å². The fourth-order valence-corrected chi connectivity index (χ4v) is 1.79. The fourth-order valence-electron chi connectivity index (χ4n) is 1.79. The lowest BCUT2D eigenvalue weighted by Gasteiger charge is -2.09. The maximum absolute atomic E-state index is 5.81. The Morgan fingerprint density at radius 2 is 2.00 bits per heavy atom. The van der Waals surface area contributed by atoms with Gasteiger partial charge in [0, 0.05) is 23.5 Å². The van der Waals surface area contributed by atoms with Crippen molar-refractivity contribution in [2.45, 2.75) is 0 Å². The van der Waals surface area contributed by atoms with Crippen LogP contribution in [-0.4, -0.2) is 15.0 Å². The molecule has 5 nitrogen and oxygen atoms in total. The smallest absolute Gasteiger partial charge is 0.157 e. The van der Waals surface area contributed by atoms with Gasteiger partial charge < -0.3 is 11.1 Å². The van der Waals surface area contributed by atoms with Crippen molar-refractivity contribution in [3.05, 3.63) is 49.2 Å². The summed E-state index contributed by atoms with van der Waals surface area (Å²) in [7, 11) is 0. The van der Waals surface area contributed by atoms with Gasteiger partial charge in [-0.1, -0.05) is 12.1 Å². The molecule has 0 amide bonds. The van der Waals surface area contributed by atoms with E-state index in [1.165, 1.54) is 6.33 Å². The van der Waals surface area contributed by atoms with E-state index in [9.17, 15) is 0 Å². The van der Waals surface area contributed by atoms with Crippen molar-refractivity contribution >= 4 is 28.0 Å². The van der Waals surface area contributed by atoms with Crippen molar-refractivity contribution in [1.29, 1.82) is 0 Å². The number of anilines is 3. The number of aromatic nitrogens is 3. The highest BCUT2D eigenvalue weighted by Gasteiger charge is 2.04. The standard InChI is InChI=1S/C13H11N5/c14-11-7-16-8-17-13(11)18-12-3-1-2-9-4-5-15-6-10(9)12/h1-8H,14H2,(H,16,17,18). The van der Waals surface area contributed by atoms with Gasteiger partial charge >= 0.3 is 0 Å². The van der Waals surface area contributed by atoms with E-state index in [4.69, 9.17) is 5.73 Å². The number of hydrogen-bond donors (Lipinski definition) is 2. The molecular weight excluding hydrogens is 226 g/mol. The molecule has 18 heavy (non-hydrogen) atoms. The Kier molecular flexibility index (Phi) is 2.49. The average molecular weight is 237 g/mol. The number of hydrogen-bond acceptors (Lipinski definition) is 5. The van der Waals surface area contributed by atoms with E-state index in [0.29, 0.717) is 11.5 Å². The van der Waals surface area contributed by atoms with E-state index in [2.05, 4.69) is 20.3 Å². The van der Waals surface area contributed by atoms with Crippen LogP contribution in [-0.2, 0) is 0 Å². The minimum atomic E-state index is 0.512. The number of nitrogen functional groups attached to an aromatic ring is 1. The predicted octanol–water partition coefficient (Wildman–Crippen LogP) is 2.35. The van der Waals surface area contributed by atoms with Crippen molar-refractivity contribution < 1.29 is 0 Å². The number of nitrogens with zero attached hydrogens (tertiary/aromatic N) is 3. The van der Waals surface area contributed by atoms with Gasteiger partial charge in [-0.15, -0.1) is 0 Å². The molecule has 0 atom stereocenters. The number of nitrogens with one attached hydrogen (secondary N) is 1. The lowest BCUT2D eigenvalue weighted by atomic mass is 10.1. The van der Waals surface area contributed by atoms with E-state index in [-0.39, 0.29) is 0 Å². The van der Waals surface area contributed by atoms with Gasteiger partial charge in [0.1, 0.15) is 6.33 Å². The molecule has 0 saturated heterocycles. The van der Waals surface area contributed by atoms with Crippen LogP contribution in [0.1, 0.15) is 0 Å². The molecular formula is C13H11N5. The van der Waals surface area contributed by atoms with Crippen LogP contribution in [0.2, 0.25) is 0 Å². The van der Waals surface area contributed by atoms with Crippen molar-refractivity contribution in [3.63, 3.8) is 0 Å². The van der Waals surface area contributed by atoms with Crippen LogP contribution in [0, 0.1) is 0 Å². The first-order valence-corrected chi connectivity index (χ1v) is 5.50. The molecule has 5 heteroatoms. The molecule has 0 saturated carbocycles. The molecule has 0 fully saturated rings. The van der Waals surface area contributed by atoms with Gasteiger partial charge in [-0.2, -0.15) is 0 Å². The molecule has 0 aliphatic heterocycles. The minimum absolute atomic E-state index is 0.512. The van der Waals surface area contributed by atoms with Gasteiger partial charge in [0.05, 0.1) is 11.9 Å². The van der Waals surface area contributed by atoms with Crippen molar-refractivity contribution in [1.82, 2.24) is 15.0 Å². The van der Waals surface area contributed by atoms with Crippen molar-refractivity contribution in [2.24, 2.45) is 0 Å². The Morgan fingerprint density at radius 1 is 1.06 bits per heavy atom. The Balaban J connectivity index is 2.08. The molecule has 88 valence electrons. The average Bonchev–Trinajstić information content (AvgIpc) is 2.42. The van der Waals surface area contributed by atoms with E-state index >= 15 is 0 Å². The maximum Gasteiger partial charge on any atom is 0.157 e. The van der Waals surface area contributed by atoms with Crippen molar-refractivity contribution in [3.8, 4) is 0 Å². The van der Waals surface area contributed by atoms with E-state index in [1.807, 2.05) is 30.5 Å². The third-order valence-corrected chi connectivity index (χ3v) is 2.68. The van der Waals surface area contributed by atoms with Crippen LogP contribution in [0.5, 0.6) is 0 Å². The van der Waals surface area contributed by atoms with Gasteiger partial charge in [0.2, 0.25) is 0 Å². The Morgan fingerprint density at radius 3 is 2.89 bits per heavy atom. The summed E-state index contributed by atoms with van der Waals surface area (Å²) in [6.07, 6.45) is 6.61. The molecule has 3 aromatic rings. The Labute approximate surface area is 104 Å². The third kappa shape index (κ3) is 1.82. The molecule has 0 bridgehead atoms. The summed E-state index contributed by atoms with van der Waals surface area (Å²) < 4.78 is 0. The zero-order chi connectivity index (χ0) is 12.4. The first kappa shape index (κ1) is 10.5. The van der Waals surface area contributed by atoms with Crippen LogP contribution in [0.25, 0.3) is 10.8 Å². The van der Waals surface area contributed by atoms with E-state index in [0.717, 1.165) is 16.5 Å². The van der Waals surface area contributed by atoms with Crippen LogP contribution in [0.4, 0.5) is 17.2 Å². The first-order chi connectivity index (χ1) is 8.84. The van der Waals surface area contributed by atoms with E-state index in [1.54, 1.807) is 12.4 Å². The summed E-state index contributed by atoms with van der Waals surface area (Å²) in [5.41, 5.74) is 7.24. The number of pyridine rings is 1. The summed E-state index contributed by atoms with van der Waals surface area (Å²) in [6, 6.07) is 7.93. The van der Waals surface area contributed by atoms with Crippen LogP contribution in [0.15, 0.2) is 49.2 Å². The fraction of sp³-hybridized carbons (Fsp3) is 0. The number of fused-ring (bicyclic) bond motifs is 1. The molecule has 0 unspecified atom stereocenters. The molecule has 3 rings (SSSR count). The zero-order valence-corrected chi connectivity index (χ0v) is 9.54. The largest absolute Gasteiger partial charge is 0.394 e. The van der Waals surface area contributed by atoms with Crippen LogP contribution < -0.4 is 11.1 Å². The lowest BCUT2D eigenvalue weighted by molar-refractivity contribution is 1.17. The van der Waals surface area contributed by atoms with Gasteiger partial charge in [0.25, 0.3) is 0 Å². The molecule has 2 aromatic heterocycles. The second-order valence-electron chi connectivity index (χ2n) is 3.85. The highest BCUT2D eigenvalue weighted by atomic mass is 15.0. The molecule has 2 heterocycles. The molecule has 1 aromatic carbocycles. The van der Waals surface area contributed by atoms with Crippen molar-refractivity contribution in [2.75, 3.05) is 11.1 Å². The second kappa shape index (κ2) is 4.29. The molecule has 0 spiro atoms. The normalized spacial score (nSPS) is 10.4. The molecule has 0 radical (unpaired) electrons. The minimum Gasteiger partial charge on any atom is -0.394 e. The van der Waals surface area contributed by atoms with Gasteiger partial charge in [-0.3, -0.25) is 4.98 Å². The second-order valence-corrected chi connectivity index (χ2v) is 3.85. The number of rotatable bonds is 2. The Hall–Kier alpha value is -2.69. The third-order valence-electron chi connectivity index (χ3n) is 2.68. The van der Waals surface area contributed by atoms with E-state index < -0.39 is 0 Å². The summed E-state index contributed by atoms with van der Waals surface area (Å²) in [5.74, 6) is 0.598. The van der Waals surface area contributed by atoms with Crippen LogP contribution >= 0.6 is 0 Å². The maximum atomic E-state index is 5.81. The topological polar surface area (TPSA) is 76.7 Å². The summed E-state index contributed by atoms with van der Waals surface area (Å²) in [5, 5.41) is 5.34. The molecule has 3 N–H and O–H groups in total. The molecule has 0 aliphatic rings. The summed E-state index contributed by atoms with van der Waals surface area (Å²) in [4.78, 5) is 12.1. The van der Waals surface area contributed by atoms with Gasteiger partial charge in [0.15, 0.2) is 5.82 Å². The predicted molar refractivity (Wildman–Crippen MR) is 71.5 cm³/mol. The van der Waals surface area contributed by atoms with Crippen LogP contribution in [0.3, 0.4) is 0 Å². The molecule has 0 aliphatic carbocycles. The zero-order valence-electron chi connectivity index (χ0n) is 9.54. The Bertz CT molecular complexity index is 690. The SMILES string of the molecule is Nc1cncnc1Nc1cccc2ccncc12. The number of benzene rings is 1.